The fourth-order valence-electron chi connectivity index (χ4n) is 3.31. The lowest BCUT2D eigenvalue weighted by atomic mass is 10.1. The van der Waals surface area contributed by atoms with Gasteiger partial charge in [0.15, 0.2) is 0 Å². The number of rotatable bonds is 3. The van der Waals surface area contributed by atoms with Crippen molar-refractivity contribution in [3.05, 3.63) is 34.3 Å². The summed E-state index contributed by atoms with van der Waals surface area (Å²) in [5, 5.41) is 0. The van der Waals surface area contributed by atoms with Crippen LogP contribution in [0.2, 0.25) is 0 Å². The highest BCUT2D eigenvalue weighted by Gasteiger charge is 2.31. The third-order valence-corrected chi connectivity index (χ3v) is 4.93. The smallest absolute Gasteiger partial charge is 0.254 e. The topological polar surface area (TPSA) is 23.6 Å². The Morgan fingerprint density at radius 2 is 1.80 bits per heavy atom. The molecule has 2 aliphatic rings. The van der Waals surface area contributed by atoms with Crippen LogP contribution >= 0.6 is 15.9 Å². The van der Waals surface area contributed by atoms with E-state index in [9.17, 15) is 4.79 Å². The average molecular weight is 337 g/mol. The van der Waals surface area contributed by atoms with Gasteiger partial charge in [0.05, 0.1) is 0 Å². The van der Waals surface area contributed by atoms with E-state index in [1.807, 2.05) is 24.3 Å². The van der Waals surface area contributed by atoms with Gasteiger partial charge in [0.25, 0.3) is 5.91 Å². The standard InChI is InChI=1S/C16H21BrN2O/c17-14-7-5-13(6-8-14)16(20)19-11-3-4-15(19)12-18-9-1-2-10-18/h5-8,15H,1-4,9-12H2/t15-/m0/s1. The van der Waals surface area contributed by atoms with Crippen molar-refractivity contribution in [2.45, 2.75) is 31.7 Å². The zero-order chi connectivity index (χ0) is 13.9. The van der Waals surface area contributed by atoms with Crippen molar-refractivity contribution in [1.82, 2.24) is 9.80 Å². The molecule has 2 heterocycles. The Bertz CT molecular complexity index is 468. The molecule has 3 nitrogen and oxygen atoms in total. The Morgan fingerprint density at radius 3 is 2.50 bits per heavy atom. The van der Waals surface area contributed by atoms with Crippen molar-refractivity contribution in [3.8, 4) is 0 Å². The Kier molecular flexibility index (Phi) is 4.41. The maximum absolute atomic E-state index is 12.6. The molecule has 2 aliphatic heterocycles. The molecule has 108 valence electrons. The normalized spacial score (nSPS) is 23.4. The Labute approximate surface area is 129 Å². The number of carbonyl (C=O) groups excluding carboxylic acids is 1. The molecule has 1 aromatic carbocycles. The first-order chi connectivity index (χ1) is 9.74. The summed E-state index contributed by atoms with van der Waals surface area (Å²) >= 11 is 3.42. The van der Waals surface area contributed by atoms with Gasteiger partial charge in [0, 0.05) is 29.2 Å². The summed E-state index contributed by atoms with van der Waals surface area (Å²) < 4.78 is 1.02. The summed E-state index contributed by atoms with van der Waals surface area (Å²) in [5.74, 6) is 0.194. The van der Waals surface area contributed by atoms with E-state index in [1.54, 1.807) is 0 Å². The van der Waals surface area contributed by atoms with Crippen LogP contribution in [0.15, 0.2) is 28.7 Å². The van der Waals surface area contributed by atoms with Crippen molar-refractivity contribution in [2.75, 3.05) is 26.2 Å². The van der Waals surface area contributed by atoms with Gasteiger partial charge in [-0.25, -0.2) is 0 Å². The third-order valence-electron chi connectivity index (χ3n) is 4.40. The lowest BCUT2D eigenvalue weighted by Crippen LogP contribution is -2.42. The van der Waals surface area contributed by atoms with Crippen LogP contribution in [0, 0.1) is 0 Å². The molecule has 20 heavy (non-hydrogen) atoms. The van der Waals surface area contributed by atoms with Crippen LogP contribution in [0.4, 0.5) is 0 Å². The van der Waals surface area contributed by atoms with E-state index in [0.717, 1.165) is 36.0 Å². The summed E-state index contributed by atoms with van der Waals surface area (Å²) in [5.41, 5.74) is 0.807. The van der Waals surface area contributed by atoms with E-state index >= 15 is 0 Å². The molecule has 1 amide bonds. The highest BCUT2D eigenvalue weighted by Crippen LogP contribution is 2.23. The minimum Gasteiger partial charge on any atom is -0.334 e. The van der Waals surface area contributed by atoms with Crippen molar-refractivity contribution in [3.63, 3.8) is 0 Å². The zero-order valence-electron chi connectivity index (χ0n) is 11.7. The summed E-state index contributed by atoms with van der Waals surface area (Å²) in [4.78, 5) is 17.2. The Balaban J connectivity index is 1.67. The Morgan fingerprint density at radius 1 is 1.10 bits per heavy atom. The summed E-state index contributed by atoms with van der Waals surface area (Å²) in [7, 11) is 0. The highest BCUT2D eigenvalue weighted by molar-refractivity contribution is 9.10. The highest BCUT2D eigenvalue weighted by atomic mass is 79.9. The minimum absolute atomic E-state index is 0.194. The summed E-state index contributed by atoms with van der Waals surface area (Å²) in [6.07, 6.45) is 4.92. The molecular formula is C16H21BrN2O. The van der Waals surface area contributed by atoms with E-state index < -0.39 is 0 Å². The molecule has 2 saturated heterocycles. The second-order valence-electron chi connectivity index (χ2n) is 5.81. The first-order valence-electron chi connectivity index (χ1n) is 7.53. The van der Waals surface area contributed by atoms with E-state index in [-0.39, 0.29) is 5.91 Å². The van der Waals surface area contributed by atoms with E-state index in [0.29, 0.717) is 6.04 Å². The molecule has 0 N–H and O–H groups in total. The van der Waals surface area contributed by atoms with Crippen LogP contribution in [0.25, 0.3) is 0 Å². The van der Waals surface area contributed by atoms with Crippen LogP contribution in [-0.4, -0.2) is 47.9 Å². The van der Waals surface area contributed by atoms with Gasteiger partial charge < -0.3 is 9.80 Å². The molecule has 4 heteroatoms. The molecule has 0 spiro atoms. The summed E-state index contributed by atoms with van der Waals surface area (Å²) in [6, 6.07) is 8.12. The first kappa shape index (κ1) is 14.1. The molecule has 0 aliphatic carbocycles. The largest absolute Gasteiger partial charge is 0.334 e. The molecule has 1 aromatic rings. The molecule has 0 aromatic heterocycles. The molecule has 0 bridgehead atoms. The number of likely N-dealkylation sites (tertiary alicyclic amines) is 2. The van der Waals surface area contributed by atoms with Gasteiger partial charge in [0.1, 0.15) is 0 Å². The number of carbonyl (C=O) groups is 1. The monoisotopic (exact) mass is 336 g/mol. The summed E-state index contributed by atoms with van der Waals surface area (Å²) in [6.45, 7) is 4.38. The van der Waals surface area contributed by atoms with Crippen LogP contribution in [0.3, 0.4) is 0 Å². The van der Waals surface area contributed by atoms with Gasteiger partial charge in [-0.1, -0.05) is 15.9 Å². The number of hydrogen-bond donors (Lipinski definition) is 0. The molecule has 2 fully saturated rings. The van der Waals surface area contributed by atoms with E-state index in [1.165, 1.54) is 25.9 Å². The fourth-order valence-corrected chi connectivity index (χ4v) is 3.58. The number of benzene rings is 1. The lowest BCUT2D eigenvalue weighted by molar-refractivity contribution is 0.0709. The van der Waals surface area contributed by atoms with Crippen LogP contribution in [0.5, 0.6) is 0 Å². The van der Waals surface area contributed by atoms with Crippen molar-refractivity contribution in [2.24, 2.45) is 0 Å². The van der Waals surface area contributed by atoms with Gasteiger partial charge in [-0.2, -0.15) is 0 Å². The van der Waals surface area contributed by atoms with Gasteiger partial charge in [0.2, 0.25) is 0 Å². The second kappa shape index (κ2) is 6.27. The van der Waals surface area contributed by atoms with Crippen molar-refractivity contribution < 1.29 is 4.79 Å². The van der Waals surface area contributed by atoms with Crippen molar-refractivity contribution >= 4 is 21.8 Å². The van der Waals surface area contributed by atoms with Crippen molar-refractivity contribution in [1.29, 1.82) is 0 Å². The minimum atomic E-state index is 0.194. The first-order valence-corrected chi connectivity index (χ1v) is 8.32. The van der Waals surface area contributed by atoms with Gasteiger partial charge >= 0.3 is 0 Å². The average Bonchev–Trinajstić information content (AvgIpc) is 3.11. The molecule has 1 atom stereocenters. The second-order valence-corrected chi connectivity index (χ2v) is 6.72. The molecule has 0 saturated carbocycles. The van der Waals surface area contributed by atoms with E-state index in [4.69, 9.17) is 0 Å². The fraction of sp³-hybridized carbons (Fsp3) is 0.562. The van der Waals surface area contributed by atoms with Gasteiger partial charge in [-0.05, 0) is 63.0 Å². The van der Waals surface area contributed by atoms with Gasteiger partial charge in [-0.15, -0.1) is 0 Å². The zero-order valence-corrected chi connectivity index (χ0v) is 13.3. The molecular weight excluding hydrogens is 316 g/mol. The van der Waals surface area contributed by atoms with Crippen LogP contribution < -0.4 is 0 Å². The lowest BCUT2D eigenvalue weighted by Gasteiger charge is -2.28. The predicted molar refractivity (Wildman–Crippen MR) is 83.9 cm³/mol. The number of hydrogen-bond acceptors (Lipinski definition) is 2. The maximum atomic E-state index is 12.6. The molecule has 0 radical (unpaired) electrons. The number of halogens is 1. The van der Waals surface area contributed by atoms with E-state index in [2.05, 4.69) is 25.7 Å². The predicted octanol–water partition coefficient (Wildman–Crippen LogP) is 3.15. The maximum Gasteiger partial charge on any atom is 0.254 e. The molecule has 0 unspecified atom stereocenters. The molecule has 3 rings (SSSR count). The Hall–Kier alpha value is -0.870. The number of nitrogens with zero attached hydrogens (tertiary/aromatic N) is 2. The van der Waals surface area contributed by atoms with Crippen LogP contribution in [0.1, 0.15) is 36.0 Å². The number of amides is 1. The third kappa shape index (κ3) is 3.07. The SMILES string of the molecule is O=C(c1ccc(Br)cc1)N1CCC[C@H]1CN1CCCC1. The van der Waals surface area contributed by atoms with Gasteiger partial charge in [-0.3, -0.25) is 4.79 Å². The quantitative estimate of drug-likeness (QED) is 0.846. The van der Waals surface area contributed by atoms with Crippen LogP contribution in [-0.2, 0) is 0 Å².